The van der Waals surface area contributed by atoms with Crippen LogP contribution in [-0.4, -0.2) is 50.6 Å². The smallest absolute Gasteiger partial charge is 0.307 e. The molecule has 0 saturated carbocycles. The van der Waals surface area contributed by atoms with Crippen molar-refractivity contribution >= 4 is 11.9 Å². The van der Waals surface area contributed by atoms with Crippen LogP contribution in [0.2, 0.25) is 0 Å². The number of rotatable bonds is 4. The van der Waals surface area contributed by atoms with Crippen molar-refractivity contribution in [3.05, 3.63) is 0 Å². The second kappa shape index (κ2) is 5.70. The van der Waals surface area contributed by atoms with E-state index in [1.54, 1.807) is 0 Å². The maximum Gasteiger partial charge on any atom is 0.307 e. The zero-order valence-electron chi connectivity index (χ0n) is 9.28. The van der Waals surface area contributed by atoms with Crippen molar-refractivity contribution in [1.82, 2.24) is 10.2 Å². The molecule has 0 radical (unpaired) electrons. The Morgan fingerprint density at radius 3 is 2.80 bits per heavy atom. The zero-order valence-corrected chi connectivity index (χ0v) is 9.28. The highest BCUT2D eigenvalue weighted by Gasteiger charge is 2.25. The summed E-state index contributed by atoms with van der Waals surface area (Å²) in [5.41, 5.74) is 0. The quantitative estimate of drug-likeness (QED) is 0.648. The molecule has 1 saturated heterocycles. The molecule has 1 rings (SSSR count). The van der Waals surface area contributed by atoms with Crippen LogP contribution in [0.4, 0.5) is 0 Å². The van der Waals surface area contributed by atoms with Crippen molar-refractivity contribution in [3.8, 4) is 0 Å². The van der Waals surface area contributed by atoms with Crippen LogP contribution in [0, 0.1) is 5.92 Å². The number of ether oxygens (including phenoxy) is 1. The van der Waals surface area contributed by atoms with Gasteiger partial charge in [0, 0.05) is 13.1 Å². The summed E-state index contributed by atoms with van der Waals surface area (Å²) in [7, 11) is 3.35. The fourth-order valence-corrected chi connectivity index (χ4v) is 1.68. The van der Waals surface area contributed by atoms with Crippen LogP contribution in [0.15, 0.2) is 0 Å². The van der Waals surface area contributed by atoms with Gasteiger partial charge in [-0.25, -0.2) is 0 Å². The highest BCUT2D eigenvalue weighted by atomic mass is 16.5. The Kier molecular flexibility index (Phi) is 4.55. The van der Waals surface area contributed by atoms with Crippen LogP contribution in [0.3, 0.4) is 0 Å². The third kappa shape index (κ3) is 3.87. The van der Waals surface area contributed by atoms with Gasteiger partial charge in [0.05, 0.1) is 19.4 Å². The van der Waals surface area contributed by atoms with E-state index in [1.807, 2.05) is 7.05 Å². The zero-order chi connectivity index (χ0) is 11.3. The van der Waals surface area contributed by atoms with Crippen LogP contribution in [-0.2, 0) is 14.3 Å². The normalized spacial score (nSPS) is 21.3. The Bertz CT molecular complexity index is 243. The van der Waals surface area contributed by atoms with E-state index in [-0.39, 0.29) is 24.2 Å². The van der Waals surface area contributed by atoms with Gasteiger partial charge in [0.15, 0.2) is 0 Å². The molecule has 0 bridgehead atoms. The highest BCUT2D eigenvalue weighted by Crippen LogP contribution is 2.13. The van der Waals surface area contributed by atoms with E-state index in [1.165, 1.54) is 7.11 Å². The molecule has 1 unspecified atom stereocenters. The molecular weight excluding hydrogens is 196 g/mol. The number of hydrogen-bond acceptors (Lipinski definition) is 4. The SMILES string of the molecule is COC(=O)CCNC(=O)C1CCN(C)C1. The third-order valence-corrected chi connectivity index (χ3v) is 2.62. The molecule has 0 aromatic carbocycles. The van der Waals surface area contributed by atoms with Gasteiger partial charge in [0.25, 0.3) is 0 Å². The monoisotopic (exact) mass is 214 g/mol. The maximum atomic E-state index is 11.6. The lowest BCUT2D eigenvalue weighted by atomic mass is 10.1. The molecular formula is C10H18N2O3. The number of likely N-dealkylation sites (tertiary alicyclic amines) is 1. The molecule has 1 fully saturated rings. The van der Waals surface area contributed by atoms with Crippen LogP contribution < -0.4 is 5.32 Å². The molecule has 1 heterocycles. The molecule has 1 aliphatic rings. The Hall–Kier alpha value is -1.10. The molecule has 5 heteroatoms. The summed E-state index contributed by atoms with van der Waals surface area (Å²) in [6.45, 7) is 2.14. The number of hydrogen-bond donors (Lipinski definition) is 1. The van der Waals surface area contributed by atoms with E-state index in [9.17, 15) is 9.59 Å². The molecule has 1 aliphatic heterocycles. The van der Waals surface area contributed by atoms with Gasteiger partial charge in [-0.15, -0.1) is 0 Å². The molecule has 1 N–H and O–H groups in total. The second-order valence-electron chi connectivity index (χ2n) is 3.87. The van der Waals surface area contributed by atoms with Crippen molar-refractivity contribution in [2.24, 2.45) is 5.92 Å². The van der Waals surface area contributed by atoms with E-state index < -0.39 is 0 Å². The van der Waals surface area contributed by atoms with E-state index in [0.29, 0.717) is 6.54 Å². The molecule has 0 spiro atoms. The lowest BCUT2D eigenvalue weighted by Gasteiger charge is -2.10. The summed E-state index contributed by atoms with van der Waals surface area (Å²) in [5, 5.41) is 2.74. The number of amides is 1. The van der Waals surface area contributed by atoms with Crippen molar-refractivity contribution < 1.29 is 14.3 Å². The maximum absolute atomic E-state index is 11.6. The number of methoxy groups -OCH3 is 1. The number of nitrogens with one attached hydrogen (secondary N) is 1. The van der Waals surface area contributed by atoms with E-state index in [0.717, 1.165) is 19.5 Å². The van der Waals surface area contributed by atoms with Crippen molar-refractivity contribution in [2.75, 3.05) is 33.8 Å². The van der Waals surface area contributed by atoms with Gasteiger partial charge in [-0.1, -0.05) is 0 Å². The fraction of sp³-hybridized carbons (Fsp3) is 0.800. The topological polar surface area (TPSA) is 58.6 Å². The largest absolute Gasteiger partial charge is 0.469 e. The average Bonchev–Trinajstić information content (AvgIpc) is 2.64. The summed E-state index contributed by atoms with van der Waals surface area (Å²) in [4.78, 5) is 24.5. The minimum absolute atomic E-state index is 0.0447. The molecule has 0 aromatic rings. The fourth-order valence-electron chi connectivity index (χ4n) is 1.68. The first-order valence-electron chi connectivity index (χ1n) is 5.16. The summed E-state index contributed by atoms with van der Waals surface area (Å²) >= 11 is 0. The Morgan fingerprint density at radius 2 is 2.27 bits per heavy atom. The molecule has 1 atom stereocenters. The lowest BCUT2D eigenvalue weighted by Crippen LogP contribution is -2.33. The summed E-state index contributed by atoms with van der Waals surface area (Å²) < 4.78 is 4.48. The van der Waals surface area contributed by atoms with Gasteiger partial charge < -0.3 is 15.0 Å². The van der Waals surface area contributed by atoms with Crippen molar-refractivity contribution in [3.63, 3.8) is 0 Å². The van der Waals surface area contributed by atoms with Crippen LogP contribution in [0.1, 0.15) is 12.8 Å². The predicted molar refractivity (Wildman–Crippen MR) is 55.2 cm³/mol. The van der Waals surface area contributed by atoms with Crippen LogP contribution in [0.5, 0.6) is 0 Å². The standard InChI is InChI=1S/C10H18N2O3/c1-12-6-4-8(7-12)10(14)11-5-3-9(13)15-2/h8H,3-7H2,1-2H3,(H,11,14). The summed E-state index contributed by atoms with van der Waals surface area (Å²) in [5.74, 6) is -0.172. The van der Waals surface area contributed by atoms with Gasteiger partial charge in [-0.3, -0.25) is 9.59 Å². The summed E-state index contributed by atoms with van der Waals surface area (Å²) in [6, 6.07) is 0. The first-order valence-corrected chi connectivity index (χ1v) is 5.16. The Balaban J connectivity index is 2.16. The number of esters is 1. The summed E-state index contributed by atoms with van der Waals surface area (Å²) in [6.07, 6.45) is 1.14. The average molecular weight is 214 g/mol. The lowest BCUT2D eigenvalue weighted by molar-refractivity contribution is -0.140. The van der Waals surface area contributed by atoms with Crippen LogP contribution in [0.25, 0.3) is 0 Å². The van der Waals surface area contributed by atoms with E-state index in [4.69, 9.17) is 0 Å². The molecule has 15 heavy (non-hydrogen) atoms. The molecule has 86 valence electrons. The second-order valence-corrected chi connectivity index (χ2v) is 3.87. The number of carbonyl (C=O) groups excluding carboxylic acids is 2. The molecule has 1 amide bonds. The number of carbonyl (C=O) groups is 2. The predicted octanol–water partition coefficient (Wildman–Crippen LogP) is -0.383. The van der Waals surface area contributed by atoms with E-state index in [2.05, 4.69) is 15.0 Å². The van der Waals surface area contributed by atoms with Gasteiger partial charge in [-0.2, -0.15) is 0 Å². The van der Waals surface area contributed by atoms with Crippen molar-refractivity contribution in [2.45, 2.75) is 12.8 Å². The molecule has 0 aliphatic carbocycles. The van der Waals surface area contributed by atoms with Gasteiger partial charge in [0.2, 0.25) is 5.91 Å². The first kappa shape index (κ1) is 12.0. The first-order chi connectivity index (χ1) is 7.13. The number of nitrogens with zero attached hydrogens (tertiary/aromatic N) is 1. The Labute approximate surface area is 89.8 Å². The van der Waals surface area contributed by atoms with Gasteiger partial charge in [-0.05, 0) is 20.0 Å². The molecule has 0 aromatic heterocycles. The van der Waals surface area contributed by atoms with Gasteiger partial charge >= 0.3 is 5.97 Å². The van der Waals surface area contributed by atoms with E-state index >= 15 is 0 Å². The minimum atomic E-state index is -0.293. The Morgan fingerprint density at radius 1 is 1.53 bits per heavy atom. The highest BCUT2D eigenvalue weighted by molar-refractivity contribution is 5.79. The molecule has 5 nitrogen and oxygen atoms in total. The van der Waals surface area contributed by atoms with Gasteiger partial charge in [0.1, 0.15) is 0 Å². The third-order valence-electron chi connectivity index (χ3n) is 2.62. The van der Waals surface area contributed by atoms with Crippen LogP contribution >= 0.6 is 0 Å². The minimum Gasteiger partial charge on any atom is -0.469 e. The van der Waals surface area contributed by atoms with Crippen molar-refractivity contribution in [1.29, 1.82) is 0 Å².